The van der Waals surface area contributed by atoms with Gasteiger partial charge in [0.2, 0.25) is 0 Å². The van der Waals surface area contributed by atoms with E-state index in [2.05, 4.69) is 10.6 Å². The topological polar surface area (TPSA) is 78.4 Å². The van der Waals surface area contributed by atoms with Crippen molar-refractivity contribution in [2.75, 3.05) is 13.1 Å². The first-order valence-electron chi connectivity index (χ1n) is 6.13. The first-order valence-corrected chi connectivity index (χ1v) is 6.13. The van der Waals surface area contributed by atoms with E-state index < -0.39 is 11.4 Å². The molecule has 5 heteroatoms. The number of hydrogen-bond acceptors (Lipinski definition) is 2. The molecule has 0 saturated carbocycles. The second-order valence-electron chi connectivity index (χ2n) is 4.75. The lowest BCUT2D eigenvalue weighted by molar-refractivity contribution is -0.149. The molecule has 2 amide bonds. The summed E-state index contributed by atoms with van der Waals surface area (Å²) < 4.78 is 0. The van der Waals surface area contributed by atoms with Gasteiger partial charge in [0, 0.05) is 13.1 Å². The molecule has 3 N–H and O–H groups in total. The van der Waals surface area contributed by atoms with Gasteiger partial charge in [-0.05, 0) is 18.8 Å². The Hall–Kier alpha value is -1.26. The summed E-state index contributed by atoms with van der Waals surface area (Å²) in [5, 5.41) is 14.5. The van der Waals surface area contributed by atoms with Gasteiger partial charge in [-0.15, -0.1) is 0 Å². The molecule has 0 bridgehead atoms. The summed E-state index contributed by atoms with van der Waals surface area (Å²) in [6.07, 6.45) is 1.01. The van der Waals surface area contributed by atoms with Gasteiger partial charge in [-0.25, -0.2) is 4.79 Å². The van der Waals surface area contributed by atoms with E-state index in [0.717, 1.165) is 0 Å². The Morgan fingerprint density at radius 2 is 1.71 bits per heavy atom. The van der Waals surface area contributed by atoms with Crippen molar-refractivity contribution in [2.45, 2.75) is 40.5 Å². The molecule has 0 aliphatic heterocycles. The van der Waals surface area contributed by atoms with E-state index in [9.17, 15) is 14.7 Å². The number of carbonyl (C=O) groups excluding carboxylic acids is 1. The van der Waals surface area contributed by atoms with Crippen molar-refractivity contribution in [1.82, 2.24) is 10.6 Å². The van der Waals surface area contributed by atoms with Crippen LogP contribution in [0.3, 0.4) is 0 Å². The van der Waals surface area contributed by atoms with Crippen LogP contribution in [0.5, 0.6) is 0 Å². The molecule has 100 valence electrons. The highest BCUT2D eigenvalue weighted by Crippen LogP contribution is 2.25. The zero-order chi connectivity index (χ0) is 13.5. The van der Waals surface area contributed by atoms with Crippen LogP contribution >= 0.6 is 0 Å². The molecule has 0 saturated heterocycles. The minimum atomic E-state index is -0.855. The Morgan fingerprint density at radius 3 is 2.06 bits per heavy atom. The maximum atomic E-state index is 11.4. The van der Waals surface area contributed by atoms with E-state index in [0.29, 0.717) is 25.3 Å². The van der Waals surface area contributed by atoms with Crippen molar-refractivity contribution in [3.63, 3.8) is 0 Å². The van der Waals surface area contributed by atoms with Crippen molar-refractivity contribution in [3.8, 4) is 0 Å². The second kappa shape index (κ2) is 7.14. The first kappa shape index (κ1) is 15.7. The molecule has 0 radical (unpaired) electrons. The highest BCUT2D eigenvalue weighted by atomic mass is 16.4. The van der Waals surface area contributed by atoms with Crippen molar-refractivity contribution in [1.29, 1.82) is 0 Å². The molecule has 0 aromatic heterocycles. The molecule has 0 aliphatic carbocycles. The van der Waals surface area contributed by atoms with Gasteiger partial charge in [0.25, 0.3) is 0 Å². The smallest absolute Gasteiger partial charge is 0.314 e. The Labute approximate surface area is 103 Å². The Morgan fingerprint density at radius 1 is 1.18 bits per heavy atom. The van der Waals surface area contributed by atoms with E-state index >= 15 is 0 Å². The van der Waals surface area contributed by atoms with Crippen molar-refractivity contribution in [2.24, 2.45) is 11.3 Å². The van der Waals surface area contributed by atoms with Crippen molar-refractivity contribution in [3.05, 3.63) is 0 Å². The Bertz CT molecular complexity index is 260. The minimum absolute atomic E-state index is 0.166. The van der Waals surface area contributed by atoms with Crippen LogP contribution in [0.4, 0.5) is 4.79 Å². The molecule has 0 unspecified atom stereocenters. The molecule has 0 spiro atoms. The maximum absolute atomic E-state index is 11.4. The van der Waals surface area contributed by atoms with E-state index in [1.165, 1.54) is 0 Å². The number of rotatable bonds is 7. The number of carbonyl (C=O) groups is 2. The fourth-order valence-corrected chi connectivity index (χ4v) is 1.49. The standard InChI is InChI=1S/C12H24N2O3/c1-5-12(6-2,10(15)16)8-14-11(17)13-7-9(3)4/h9H,5-8H2,1-4H3,(H,15,16)(H2,13,14,17). The molecule has 0 fully saturated rings. The zero-order valence-electron chi connectivity index (χ0n) is 11.2. The lowest BCUT2D eigenvalue weighted by Gasteiger charge is -2.26. The molecule has 0 atom stereocenters. The molecule has 0 aromatic rings. The summed E-state index contributed by atoms with van der Waals surface area (Å²) in [4.78, 5) is 22.6. The lowest BCUT2D eigenvalue weighted by atomic mass is 9.82. The average Bonchev–Trinajstić information content (AvgIpc) is 2.28. The number of nitrogens with one attached hydrogen (secondary N) is 2. The highest BCUT2D eigenvalue weighted by molar-refractivity contribution is 5.78. The molecule has 0 aromatic carbocycles. The Balaban J connectivity index is 4.22. The largest absolute Gasteiger partial charge is 0.481 e. The number of carboxylic acids is 1. The number of carboxylic acid groups (broad SMARTS) is 1. The molecular formula is C12H24N2O3. The highest BCUT2D eigenvalue weighted by Gasteiger charge is 2.35. The second-order valence-corrected chi connectivity index (χ2v) is 4.75. The van der Waals surface area contributed by atoms with Crippen LogP contribution in [0.2, 0.25) is 0 Å². The fourth-order valence-electron chi connectivity index (χ4n) is 1.49. The van der Waals surface area contributed by atoms with Crippen molar-refractivity contribution >= 4 is 12.0 Å². The quantitative estimate of drug-likeness (QED) is 0.639. The Kier molecular flexibility index (Phi) is 6.61. The summed E-state index contributed by atoms with van der Waals surface area (Å²) >= 11 is 0. The average molecular weight is 244 g/mol. The number of urea groups is 1. The number of hydrogen-bond donors (Lipinski definition) is 3. The van der Waals surface area contributed by atoms with Gasteiger partial charge < -0.3 is 15.7 Å². The van der Waals surface area contributed by atoms with Crippen LogP contribution in [0.25, 0.3) is 0 Å². The minimum Gasteiger partial charge on any atom is -0.481 e. The van der Waals surface area contributed by atoms with Crippen LogP contribution in [0.1, 0.15) is 40.5 Å². The normalized spacial score (nSPS) is 11.4. The van der Waals surface area contributed by atoms with Gasteiger partial charge >= 0.3 is 12.0 Å². The van der Waals surface area contributed by atoms with E-state index in [1.807, 2.05) is 27.7 Å². The molecular weight excluding hydrogens is 220 g/mol. The lowest BCUT2D eigenvalue weighted by Crippen LogP contribution is -2.46. The van der Waals surface area contributed by atoms with E-state index in [4.69, 9.17) is 0 Å². The fraction of sp³-hybridized carbons (Fsp3) is 0.833. The third-order valence-corrected chi connectivity index (χ3v) is 3.07. The third kappa shape index (κ3) is 5.06. The van der Waals surface area contributed by atoms with Gasteiger partial charge in [-0.3, -0.25) is 4.79 Å². The summed E-state index contributed by atoms with van der Waals surface area (Å²) in [5.41, 5.74) is -0.852. The summed E-state index contributed by atoms with van der Waals surface area (Å²) in [6.45, 7) is 8.40. The van der Waals surface area contributed by atoms with E-state index in [-0.39, 0.29) is 12.6 Å². The molecule has 17 heavy (non-hydrogen) atoms. The molecule has 5 nitrogen and oxygen atoms in total. The predicted molar refractivity (Wildman–Crippen MR) is 66.9 cm³/mol. The van der Waals surface area contributed by atoms with Crippen LogP contribution in [0.15, 0.2) is 0 Å². The summed E-state index contributed by atoms with van der Waals surface area (Å²) in [5.74, 6) is -0.478. The van der Waals surface area contributed by atoms with Gasteiger partial charge in [-0.1, -0.05) is 27.7 Å². The number of amides is 2. The predicted octanol–water partition coefficient (Wildman–Crippen LogP) is 1.83. The van der Waals surface area contributed by atoms with Gasteiger partial charge in [0.05, 0.1) is 5.41 Å². The van der Waals surface area contributed by atoms with Gasteiger partial charge in [0.1, 0.15) is 0 Å². The van der Waals surface area contributed by atoms with Crippen LogP contribution in [0, 0.1) is 11.3 Å². The van der Waals surface area contributed by atoms with Crippen LogP contribution < -0.4 is 10.6 Å². The number of aliphatic carboxylic acids is 1. The van der Waals surface area contributed by atoms with Gasteiger partial charge in [0.15, 0.2) is 0 Å². The first-order chi connectivity index (χ1) is 7.88. The van der Waals surface area contributed by atoms with Crippen molar-refractivity contribution < 1.29 is 14.7 Å². The summed E-state index contributed by atoms with van der Waals surface area (Å²) in [7, 11) is 0. The SMILES string of the molecule is CCC(CC)(CNC(=O)NCC(C)C)C(=O)O. The molecule has 0 aliphatic rings. The maximum Gasteiger partial charge on any atom is 0.314 e. The monoisotopic (exact) mass is 244 g/mol. The molecule has 0 rings (SSSR count). The molecule has 0 heterocycles. The zero-order valence-corrected chi connectivity index (χ0v) is 11.2. The van der Waals surface area contributed by atoms with Gasteiger partial charge in [-0.2, -0.15) is 0 Å². The van der Waals surface area contributed by atoms with Crippen LogP contribution in [-0.2, 0) is 4.79 Å². The third-order valence-electron chi connectivity index (χ3n) is 3.07. The summed E-state index contributed by atoms with van der Waals surface area (Å²) in [6, 6.07) is -0.300. The van der Waals surface area contributed by atoms with E-state index in [1.54, 1.807) is 0 Å². The van der Waals surface area contributed by atoms with Crippen LogP contribution in [-0.4, -0.2) is 30.2 Å².